The normalized spacial score (nSPS) is 10.8. The molecule has 1 aromatic heterocycles. The van der Waals surface area contributed by atoms with E-state index in [-0.39, 0.29) is 5.91 Å². The number of nitrogens with one attached hydrogen (secondary N) is 2. The summed E-state index contributed by atoms with van der Waals surface area (Å²) in [4.78, 5) is 11.6. The molecule has 0 bridgehead atoms. The summed E-state index contributed by atoms with van der Waals surface area (Å²) in [5.41, 5.74) is 0.612. The molecule has 1 heterocycles. The zero-order chi connectivity index (χ0) is 13.0. The average molecular weight is 282 g/mol. The molecule has 0 aliphatic rings. The van der Waals surface area contributed by atoms with Gasteiger partial charge in [0.05, 0.1) is 6.20 Å². The average Bonchev–Trinajstić information content (AvgIpc) is 2.81. The van der Waals surface area contributed by atoms with Crippen LogP contribution in [0, 0.1) is 0 Å². The minimum Gasteiger partial charge on any atom is -0.307 e. The number of amides is 1. The van der Waals surface area contributed by atoms with Gasteiger partial charge in [-0.2, -0.15) is 5.10 Å². The molecule has 4 nitrogen and oxygen atoms in total. The highest BCUT2D eigenvalue weighted by molar-refractivity contribution is 6.37. The van der Waals surface area contributed by atoms with Crippen molar-refractivity contribution in [2.45, 2.75) is 0 Å². The van der Waals surface area contributed by atoms with Crippen LogP contribution in [0.1, 0.15) is 5.56 Å². The van der Waals surface area contributed by atoms with Gasteiger partial charge in [0.15, 0.2) is 0 Å². The Hall–Kier alpha value is -1.78. The maximum absolute atomic E-state index is 11.6. The largest absolute Gasteiger partial charge is 0.307 e. The van der Waals surface area contributed by atoms with Crippen molar-refractivity contribution < 1.29 is 4.79 Å². The summed E-state index contributed by atoms with van der Waals surface area (Å²) in [6.45, 7) is 0. The first-order chi connectivity index (χ1) is 8.66. The molecule has 0 spiro atoms. The second-order valence-corrected chi connectivity index (χ2v) is 4.24. The topological polar surface area (TPSA) is 57.8 Å². The first-order valence-electron chi connectivity index (χ1n) is 5.09. The number of hydrogen-bond acceptors (Lipinski definition) is 2. The lowest BCUT2D eigenvalue weighted by Gasteiger charge is -2.01. The summed E-state index contributed by atoms with van der Waals surface area (Å²) >= 11 is 11.9. The fourth-order valence-electron chi connectivity index (χ4n) is 1.33. The second-order valence-electron chi connectivity index (χ2n) is 3.43. The molecule has 0 fully saturated rings. The molecular formula is C12H9Cl2N3O. The van der Waals surface area contributed by atoms with Crippen LogP contribution in [0.15, 0.2) is 36.5 Å². The van der Waals surface area contributed by atoms with E-state index in [4.69, 9.17) is 23.2 Å². The van der Waals surface area contributed by atoms with E-state index in [1.807, 2.05) is 0 Å². The Bertz CT molecular complexity index is 559. The molecule has 0 unspecified atom stereocenters. The van der Waals surface area contributed by atoms with Crippen LogP contribution >= 0.6 is 23.2 Å². The van der Waals surface area contributed by atoms with Crippen molar-refractivity contribution in [3.05, 3.63) is 52.1 Å². The van der Waals surface area contributed by atoms with E-state index in [0.29, 0.717) is 21.4 Å². The summed E-state index contributed by atoms with van der Waals surface area (Å²) in [6.07, 6.45) is 4.47. The van der Waals surface area contributed by atoms with Crippen molar-refractivity contribution in [2.24, 2.45) is 0 Å². The fraction of sp³-hybridized carbons (Fsp3) is 0. The molecule has 2 aromatic rings. The van der Waals surface area contributed by atoms with Crippen molar-refractivity contribution >= 4 is 41.0 Å². The third-order valence-electron chi connectivity index (χ3n) is 2.16. The quantitative estimate of drug-likeness (QED) is 0.848. The van der Waals surface area contributed by atoms with E-state index >= 15 is 0 Å². The van der Waals surface area contributed by atoms with Gasteiger partial charge in [0.25, 0.3) is 0 Å². The zero-order valence-corrected chi connectivity index (χ0v) is 10.7. The highest BCUT2D eigenvalue weighted by atomic mass is 35.5. The van der Waals surface area contributed by atoms with E-state index in [2.05, 4.69) is 15.5 Å². The number of carbonyl (C=O) groups is 1. The number of carbonyl (C=O) groups excluding carboxylic acids is 1. The number of benzene rings is 1. The van der Waals surface area contributed by atoms with Crippen molar-refractivity contribution in [3.63, 3.8) is 0 Å². The Balaban J connectivity index is 2.09. The molecule has 1 amide bonds. The SMILES string of the molecule is O=C(/C=C/c1c(Cl)cccc1Cl)Nc1ccn[nH]1. The maximum Gasteiger partial charge on any atom is 0.249 e. The van der Waals surface area contributed by atoms with Crippen LogP contribution in [-0.2, 0) is 4.79 Å². The zero-order valence-electron chi connectivity index (χ0n) is 9.15. The third-order valence-corrected chi connectivity index (χ3v) is 2.82. The molecule has 0 saturated heterocycles. The highest BCUT2D eigenvalue weighted by Gasteiger charge is 2.03. The number of halogens is 2. The number of rotatable bonds is 3. The molecule has 92 valence electrons. The minimum absolute atomic E-state index is 0.296. The number of nitrogens with zero attached hydrogens (tertiary/aromatic N) is 1. The van der Waals surface area contributed by atoms with Gasteiger partial charge >= 0.3 is 0 Å². The number of aromatic nitrogens is 2. The third kappa shape index (κ3) is 3.12. The molecule has 0 aliphatic carbocycles. The fourth-order valence-corrected chi connectivity index (χ4v) is 1.85. The number of anilines is 1. The lowest BCUT2D eigenvalue weighted by Crippen LogP contribution is -2.07. The Morgan fingerprint density at radius 1 is 1.28 bits per heavy atom. The predicted octanol–water partition coefficient (Wildman–Crippen LogP) is 3.37. The second kappa shape index (κ2) is 5.71. The van der Waals surface area contributed by atoms with E-state index in [0.717, 1.165) is 0 Å². The number of H-pyrrole nitrogens is 1. The maximum atomic E-state index is 11.6. The minimum atomic E-state index is -0.296. The number of aromatic amines is 1. The standard InChI is InChI=1S/C12H9Cl2N3O/c13-9-2-1-3-10(14)8(9)4-5-12(18)16-11-6-7-15-17-11/h1-7H,(H2,15,16,17,18)/b5-4+. The summed E-state index contributed by atoms with van der Waals surface area (Å²) in [7, 11) is 0. The highest BCUT2D eigenvalue weighted by Crippen LogP contribution is 2.25. The monoisotopic (exact) mass is 281 g/mol. The van der Waals surface area contributed by atoms with Gasteiger partial charge in [0.1, 0.15) is 5.82 Å². The van der Waals surface area contributed by atoms with E-state index in [9.17, 15) is 4.79 Å². The van der Waals surface area contributed by atoms with Gasteiger partial charge in [-0.3, -0.25) is 9.89 Å². The van der Waals surface area contributed by atoms with Gasteiger partial charge < -0.3 is 5.32 Å². The van der Waals surface area contributed by atoms with Gasteiger partial charge in [-0.05, 0) is 18.2 Å². The lowest BCUT2D eigenvalue weighted by atomic mass is 10.2. The Labute approximate surface area is 114 Å². The van der Waals surface area contributed by atoms with Gasteiger partial charge in [-0.25, -0.2) is 0 Å². The van der Waals surface area contributed by atoms with Crippen molar-refractivity contribution in [3.8, 4) is 0 Å². The van der Waals surface area contributed by atoms with E-state index in [1.54, 1.807) is 36.5 Å². The van der Waals surface area contributed by atoms with Crippen LogP contribution in [0.5, 0.6) is 0 Å². The Morgan fingerprint density at radius 3 is 2.61 bits per heavy atom. The molecule has 18 heavy (non-hydrogen) atoms. The van der Waals surface area contributed by atoms with Crippen molar-refractivity contribution in [1.82, 2.24) is 10.2 Å². The van der Waals surface area contributed by atoms with Crippen LogP contribution in [0.4, 0.5) is 5.82 Å². The van der Waals surface area contributed by atoms with Crippen LogP contribution in [0.25, 0.3) is 6.08 Å². The van der Waals surface area contributed by atoms with Crippen LogP contribution in [-0.4, -0.2) is 16.1 Å². The first-order valence-corrected chi connectivity index (χ1v) is 5.85. The molecular weight excluding hydrogens is 273 g/mol. The van der Waals surface area contributed by atoms with Crippen molar-refractivity contribution in [2.75, 3.05) is 5.32 Å². The molecule has 0 radical (unpaired) electrons. The summed E-state index contributed by atoms with van der Waals surface area (Å²) in [6, 6.07) is 6.81. The molecule has 6 heteroatoms. The molecule has 2 rings (SSSR count). The van der Waals surface area contributed by atoms with Crippen LogP contribution in [0.2, 0.25) is 10.0 Å². The smallest absolute Gasteiger partial charge is 0.249 e. The lowest BCUT2D eigenvalue weighted by molar-refractivity contribution is -0.111. The van der Waals surface area contributed by atoms with Gasteiger partial charge in [0, 0.05) is 27.8 Å². The number of hydrogen-bond donors (Lipinski definition) is 2. The van der Waals surface area contributed by atoms with Gasteiger partial charge in [-0.1, -0.05) is 29.3 Å². The molecule has 0 saturated carbocycles. The van der Waals surface area contributed by atoms with Crippen LogP contribution < -0.4 is 5.32 Å². The summed E-state index contributed by atoms with van der Waals surface area (Å²) < 4.78 is 0. The molecule has 1 aromatic carbocycles. The van der Waals surface area contributed by atoms with E-state index in [1.165, 1.54) is 6.08 Å². The van der Waals surface area contributed by atoms with Gasteiger partial charge in [0.2, 0.25) is 5.91 Å². The Kier molecular flexibility index (Phi) is 4.02. The Morgan fingerprint density at radius 2 is 2.00 bits per heavy atom. The van der Waals surface area contributed by atoms with Crippen LogP contribution in [0.3, 0.4) is 0 Å². The molecule has 0 atom stereocenters. The van der Waals surface area contributed by atoms with Gasteiger partial charge in [-0.15, -0.1) is 0 Å². The van der Waals surface area contributed by atoms with E-state index < -0.39 is 0 Å². The summed E-state index contributed by atoms with van der Waals surface area (Å²) in [5.74, 6) is 0.227. The summed E-state index contributed by atoms with van der Waals surface area (Å²) in [5, 5.41) is 9.93. The van der Waals surface area contributed by atoms with Crippen molar-refractivity contribution in [1.29, 1.82) is 0 Å². The molecule has 0 aliphatic heterocycles. The molecule has 2 N–H and O–H groups in total. The first kappa shape index (κ1) is 12.7. The predicted molar refractivity (Wildman–Crippen MR) is 72.7 cm³/mol.